The fraction of sp³-hybridized carbons (Fsp3) is 0.100. The van der Waals surface area contributed by atoms with E-state index in [1.165, 1.54) is 18.0 Å². The third-order valence-electron chi connectivity index (χ3n) is 2.11. The van der Waals surface area contributed by atoms with Crippen molar-refractivity contribution >= 4 is 17.6 Å². The van der Waals surface area contributed by atoms with Crippen molar-refractivity contribution in [3.63, 3.8) is 0 Å². The molecule has 0 fully saturated rings. The lowest BCUT2D eigenvalue weighted by Gasteiger charge is -2.05. The van der Waals surface area contributed by atoms with Crippen LogP contribution in [0.25, 0.3) is 5.69 Å². The Morgan fingerprint density at radius 3 is 2.88 bits per heavy atom. The van der Waals surface area contributed by atoms with Gasteiger partial charge < -0.3 is 9.84 Å². The van der Waals surface area contributed by atoms with Crippen molar-refractivity contribution in [3.05, 3.63) is 35.1 Å². The van der Waals surface area contributed by atoms with Gasteiger partial charge in [0.2, 0.25) is 0 Å². The van der Waals surface area contributed by atoms with Crippen LogP contribution in [0, 0.1) is 0 Å². The van der Waals surface area contributed by atoms with Gasteiger partial charge in [-0.1, -0.05) is 16.8 Å². The van der Waals surface area contributed by atoms with Gasteiger partial charge in [0, 0.05) is 6.07 Å². The molecule has 1 aromatic heterocycles. The van der Waals surface area contributed by atoms with Crippen LogP contribution in [0.4, 0.5) is 0 Å². The second-order valence-corrected chi connectivity index (χ2v) is 3.58. The lowest BCUT2D eigenvalue weighted by Crippen LogP contribution is -1.97. The SMILES string of the molecule is COc1ccc(Cl)c(-n2cc(C(=O)O)nn2)c1. The van der Waals surface area contributed by atoms with Gasteiger partial charge in [-0.15, -0.1) is 5.10 Å². The van der Waals surface area contributed by atoms with Crippen LogP contribution < -0.4 is 4.74 Å². The van der Waals surface area contributed by atoms with Crippen molar-refractivity contribution in [3.8, 4) is 11.4 Å². The summed E-state index contributed by atoms with van der Waals surface area (Å²) in [7, 11) is 1.52. The first kappa shape index (κ1) is 11.4. The number of ether oxygens (including phenoxy) is 1. The molecule has 2 aromatic rings. The monoisotopic (exact) mass is 253 g/mol. The molecule has 0 bridgehead atoms. The van der Waals surface area contributed by atoms with E-state index in [9.17, 15) is 4.79 Å². The lowest BCUT2D eigenvalue weighted by atomic mass is 10.3. The maximum absolute atomic E-state index is 10.7. The van der Waals surface area contributed by atoms with Crippen LogP contribution in [-0.2, 0) is 0 Å². The zero-order chi connectivity index (χ0) is 12.4. The number of rotatable bonds is 3. The number of carboxylic acids is 1. The Morgan fingerprint density at radius 2 is 2.29 bits per heavy atom. The van der Waals surface area contributed by atoms with E-state index in [2.05, 4.69) is 10.3 Å². The molecule has 0 saturated carbocycles. The van der Waals surface area contributed by atoms with Crippen molar-refractivity contribution in [2.75, 3.05) is 7.11 Å². The number of hydrogen-bond donors (Lipinski definition) is 1. The summed E-state index contributed by atoms with van der Waals surface area (Å²) in [5.74, 6) is -0.549. The molecule has 0 spiro atoms. The summed E-state index contributed by atoms with van der Waals surface area (Å²) < 4.78 is 6.34. The smallest absolute Gasteiger partial charge is 0.358 e. The minimum atomic E-state index is -1.14. The molecule has 0 aliphatic heterocycles. The van der Waals surface area contributed by atoms with Gasteiger partial charge >= 0.3 is 5.97 Å². The van der Waals surface area contributed by atoms with Crippen LogP contribution in [-0.4, -0.2) is 33.2 Å². The summed E-state index contributed by atoms with van der Waals surface area (Å²) in [4.78, 5) is 10.7. The average Bonchev–Trinajstić information content (AvgIpc) is 2.79. The molecular weight excluding hydrogens is 246 g/mol. The molecule has 0 saturated heterocycles. The quantitative estimate of drug-likeness (QED) is 0.900. The number of carboxylic acid groups (broad SMARTS) is 1. The van der Waals surface area contributed by atoms with Gasteiger partial charge in [0.05, 0.1) is 24.0 Å². The van der Waals surface area contributed by atoms with Crippen LogP contribution >= 0.6 is 11.6 Å². The first-order chi connectivity index (χ1) is 8.11. The molecule has 88 valence electrons. The van der Waals surface area contributed by atoms with Crippen LogP contribution in [0.15, 0.2) is 24.4 Å². The fourth-order valence-electron chi connectivity index (χ4n) is 1.27. The molecule has 0 radical (unpaired) electrons. The van der Waals surface area contributed by atoms with E-state index in [4.69, 9.17) is 21.4 Å². The first-order valence-electron chi connectivity index (χ1n) is 4.61. The Balaban J connectivity index is 2.47. The van der Waals surface area contributed by atoms with Gasteiger partial charge in [0.1, 0.15) is 5.75 Å². The van der Waals surface area contributed by atoms with Crippen LogP contribution in [0.2, 0.25) is 5.02 Å². The largest absolute Gasteiger partial charge is 0.497 e. The highest BCUT2D eigenvalue weighted by molar-refractivity contribution is 6.32. The number of aromatic nitrogens is 3. The summed E-state index contributed by atoms with van der Waals surface area (Å²) in [6.07, 6.45) is 1.28. The Labute approximate surface area is 101 Å². The Hall–Kier alpha value is -2.08. The van der Waals surface area contributed by atoms with Crippen molar-refractivity contribution in [2.45, 2.75) is 0 Å². The number of nitrogens with zero attached hydrogens (tertiary/aromatic N) is 3. The summed E-state index contributed by atoms with van der Waals surface area (Å²) in [5.41, 5.74) is 0.356. The molecular formula is C10H8ClN3O3. The Kier molecular flexibility index (Phi) is 2.97. The second-order valence-electron chi connectivity index (χ2n) is 3.17. The third kappa shape index (κ3) is 2.21. The lowest BCUT2D eigenvalue weighted by molar-refractivity contribution is 0.0690. The average molecular weight is 254 g/mol. The van der Waals surface area contributed by atoms with Gasteiger partial charge in [0.25, 0.3) is 0 Å². The van der Waals surface area contributed by atoms with Gasteiger partial charge in [-0.3, -0.25) is 0 Å². The van der Waals surface area contributed by atoms with Gasteiger partial charge in [-0.2, -0.15) is 0 Å². The summed E-state index contributed by atoms with van der Waals surface area (Å²) in [6.45, 7) is 0. The number of carbonyl (C=O) groups is 1. The summed E-state index contributed by atoms with van der Waals surface area (Å²) in [5, 5.41) is 16.4. The van der Waals surface area contributed by atoms with E-state index < -0.39 is 5.97 Å². The van der Waals surface area contributed by atoms with Crippen molar-refractivity contribution in [1.29, 1.82) is 0 Å². The van der Waals surface area contributed by atoms with Crippen LogP contribution in [0.1, 0.15) is 10.5 Å². The molecule has 0 aliphatic carbocycles. The van der Waals surface area contributed by atoms with Crippen LogP contribution in [0.3, 0.4) is 0 Å². The normalized spacial score (nSPS) is 10.2. The fourth-order valence-corrected chi connectivity index (χ4v) is 1.48. The highest BCUT2D eigenvalue weighted by Crippen LogP contribution is 2.24. The molecule has 6 nitrogen and oxygen atoms in total. The molecule has 2 rings (SSSR count). The number of methoxy groups -OCH3 is 1. The minimum Gasteiger partial charge on any atom is -0.497 e. The minimum absolute atomic E-state index is 0.149. The van der Waals surface area contributed by atoms with Crippen LogP contribution in [0.5, 0.6) is 5.75 Å². The molecule has 0 aliphatic rings. The highest BCUT2D eigenvalue weighted by Gasteiger charge is 2.11. The molecule has 7 heteroatoms. The number of benzene rings is 1. The van der Waals surface area contributed by atoms with Gasteiger partial charge in [0.15, 0.2) is 5.69 Å². The van der Waals surface area contributed by atoms with Crippen molar-refractivity contribution < 1.29 is 14.6 Å². The first-order valence-corrected chi connectivity index (χ1v) is 4.99. The van der Waals surface area contributed by atoms with E-state index in [0.717, 1.165) is 0 Å². The van der Waals surface area contributed by atoms with Crippen molar-refractivity contribution in [1.82, 2.24) is 15.0 Å². The summed E-state index contributed by atoms with van der Waals surface area (Å²) in [6, 6.07) is 4.97. The second kappa shape index (κ2) is 4.42. The molecule has 0 atom stereocenters. The zero-order valence-corrected chi connectivity index (χ0v) is 9.55. The predicted octanol–water partition coefficient (Wildman–Crippen LogP) is 1.63. The number of aromatic carboxylic acids is 1. The predicted molar refractivity (Wildman–Crippen MR) is 59.9 cm³/mol. The Bertz CT molecular complexity index is 568. The molecule has 1 aromatic carbocycles. The van der Waals surface area contributed by atoms with E-state index in [0.29, 0.717) is 16.5 Å². The maximum Gasteiger partial charge on any atom is 0.358 e. The highest BCUT2D eigenvalue weighted by atomic mass is 35.5. The van der Waals surface area contributed by atoms with Crippen molar-refractivity contribution in [2.24, 2.45) is 0 Å². The zero-order valence-electron chi connectivity index (χ0n) is 8.79. The van der Waals surface area contributed by atoms with E-state index >= 15 is 0 Å². The third-order valence-corrected chi connectivity index (χ3v) is 2.43. The molecule has 1 heterocycles. The standard InChI is InChI=1S/C10H8ClN3O3/c1-17-6-2-3-7(11)9(4-6)14-5-8(10(15)16)12-13-14/h2-5H,1H3,(H,15,16). The van der Waals surface area contributed by atoms with E-state index in [1.54, 1.807) is 18.2 Å². The molecule has 0 amide bonds. The van der Waals surface area contributed by atoms with E-state index in [-0.39, 0.29) is 5.69 Å². The number of hydrogen-bond acceptors (Lipinski definition) is 4. The number of halogens is 1. The molecule has 0 unspecified atom stereocenters. The molecule has 17 heavy (non-hydrogen) atoms. The molecule has 1 N–H and O–H groups in total. The van der Waals surface area contributed by atoms with E-state index in [1.807, 2.05) is 0 Å². The van der Waals surface area contributed by atoms with Gasteiger partial charge in [-0.25, -0.2) is 9.48 Å². The topological polar surface area (TPSA) is 77.2 Å². The Morgan fingerprint density at radius 1 is 1.53 bits per heavy atom. The summed E-state index contributed by atoms with van der Waals surface area (Å²) >= 11 is 5.98. The van der Waals surface area contributed by atoms with Gasteiger partial charge in [-0.05, 0) is 12.1 Å². The maximum atomic E-state index is 10.7.